The van der Waals surface area contributed by atoms with Crippen LogP contribution >= 0.6 is 22.6 Å². The van der Waals surface area contributed by atoms with Crippen molar-refractivity contribution in [3.8, 4) is 11.8 Å². The lowest BCUT2D eigenvalue weighted by Gasteiger charge is -2.10. The molecule has 30 heavy (non-hydrogen) atoms. The summed E-state index contributed by atoms with van der Waals surface area (Å²) in [7, 11) is 0. The summed E-state index contributed by atoms with van der Waals surface area (Å²) in [6, 6.07) is 31.0. The molecule has 146 valence electrons. The topological polar surface area (TPSA) is 33.0 Å². The summed E-state index contributed by atoms with van der Waals surface area (Å²) in [5.74, 6) is 0.846. The van der Waals surface area contributed by atoms with Crippen molar-refractivity contribution < 1.29 is 4.74 Å². The number of halogens is 1. The van der Waals surface area contributed by atoms with Gasteiger partial charge >= 0.3 is 0 Å². The molecule has 0 aromatic heterocycles. The van der Waals surface area contributed by atoms with Gasteiger partial charge in [0.05, 0.1) is 15.2 Å². The molecule has 0 bridgehead atoms. The maximum absolute atomic E-state index is 9.72. The third kappa shape index (κ3) is 4.72. The van der Waals surface area contributed by atoms with Crippen LogP contribution in [0.4, 0.5) is 0 Å². The maximum Gasteiger partial charge on any atom is 0.133 e. The van der Waals surface area contributed by atoms with Crippen molar-refractivity contribution in [2.24, 2.45) is 0 Å². The predicted octanol–water partition coefficient (Wildman–Crippen LogP) is 7.40. The Kier molecular flexibility index (Phi) is 6.15. The number of allylic oxidation sites excluding steroid dienone is 1. The van der Waals surface area contributed by atoms with E-state index in [1.165, 1.54) is 10.9 Å². The van der Waals surface area contributed by atoms with Crippen LogP contribution in [0.1, 0.15) is 22.3 Å². The van der Waals surface area contributed by atoms with Crippen LogP contribution in [-0.2, 0) is 6.61 Å². The third-order valence-corrected chi connectivity index (χ3v) is 5.77. The van der Waals surface area contributed by atoms with Crippen LogP contribution in [-0.4, -0.2) is 0 Å². The van der Waals surface area contributed by atoms with Gasteiger partial charge in [0.1, 0.15) is 12.4 Å². The molecule has 0 saturated heterocycles. The lowest BCUT2D eigenvalue weighted by Crippen LogP contribution is -1.97. The predicted molar refractivity (Wildman–Crippen MR) is 132 cm³/mol. The van der Waals surface area contributed by atoms with Crippen LogP contribution in [0.2, 0.25) is 0 Å². The minimum Gasteiger partial charge on any atom is -0.488 e. The first-order chi connectivity index (χ1) is 14.6. The van der Waals surface area contributed by atoms with Gasteiger partial charge in [-0.1, -0.05) is 72.3 Å². The average molecular weight is 501 g/mol. The molecule has 0 aliphatic rings. The first-order valence-electron chi connectivity index (χ1n) is 9.71. The maximum atomic E-state index is 9.72. The van der Waals surface area contributed by atoms with Gasteiger partial charge in [-0.05, 0) is 81.3 Å². The van der Waals surface area contributed by atoms with Crippen LogP contribution in [0.15, 0.2) is 84.9 Å². The molecule has 0 fully saturated rings. The Labute approximate surface area is 190 Å². The molecule has 4 rings (SSSR count). The van der Waals surface area contributed by atoms with Gasteiger partial charge in [-0.2, -0.15) is 5.26 Å². The normalized spacial score (nSPS) is 11.3. The molecule has 0 atom stereocenters. The number of hydrogen-bond acceptors (Lipinski definition) is 2. The zero-order chi connectivity index (χ0) is 20.9. The van der Waals surface area contributed by atoms with E-state index >= 15 is 0 Å². The highest BCUT2D eigenvalue weighted by Gasteiger charge is 2.06. The quantitative estimate of drug-likeness (QED) is 0.162. The lowest BCUT2D eigenvalue weighted by atomic mass is 10.0. The van der Waals surface area contributed by atoms with E-state index in [0.717, 1.165) is 31.4 Å². The fourth-order valence-electron chi connectivity index (χ4n) is 3.39. The molecule has 0 amide bonds. The number of nitrogens with zero attached hydrogens (tertiary/aromatic N) is 1. The van der Waals surface area contributed by atoms with Gasteiger partial charge in [0.25, 0.3) is 0 Å². The minimum absolute atomic E-state index is 0.535. The molecule has 4 aromatic carbocycles. The van der Waals surface area contributed by atoms with Gasteiger partial charge in [-0.15, -0.1) is 0 Å². The number of aryl methyl sites for hydroxylation is 1. The second kappa shape index (κ2) is 9.15. The molecule has 0 unspecified atom stereocenters. The van der Waals surface area contributed by atoms with Gasteiger partial charge in [0.2, 0.25) is 0 Å². The Morgan fingerprint density at radius 2 is 1.77 bits per heavy atom. The smallest absolute Gasteiger partial charge is 0.133 e. The van der Waals surface area contributed by atoms with Gasteiger partial charge in [-0.25, -0.2) is 0 Å². The largest absolute Gasteiger partial charge is 0.488 e. The summed E-state index contributed by atoms with van der Waals surface area (Å²) in [4.78, 5) is 0. The van der Waals surface area contributed by atoms with E-state index in [0.29, 0.717) is 12.2 Å². The summed E-state index contributed by atoms with van der Waals surface area (Å²) in [5.41, 5.74) is 4.92. The summed E-state index contributed by atoms with van der Waals surface area (Å²) < 4.78 is 7.02. The summed E-state index contributed by atoms with van der Waals surface area (Å²) >= 11 is 2.28. The van der Waals surface area contributed by atoms with Gasteiger partial charge in [0, 0.05) is 0 Å². The highest BCUT2D eigenvalue weighted by molar-refractivity contribution is 14.1. The molecule has 0 spiro atoms. The van der Waals surface area contributed by atoms with Crippen molar-refractivity contribution in [3.05, 3.63) is 111 Å². The van der Waals surface area contributed by atoms with Crippen LogP contribution in [0.5, 0.6) is 5.75 Å². The number of rotatable bonds is 5. The molecule has 0 heterocycles. The van der Waals surface area contributed by atoms with E-state index in [4.69, 9.17) is 4.74 Å². The van der Waals surface area contributed by atoms with Gasteiger partial charge in [0.15, 0.2) is 0 Å². The minimum atomic E-state index is 0.535. The number of benzene rings is 4. The summed E-state index contributed by atoms with van der Waals surface area (Å²) in [5, 5.41) is 12.0. The fraction of sp³-hybridized carbons (Fsp3) is 0.0741. The van der Waals surface area contributed by atoms with E-state index in [1.54, 1.807) is 0 Å². The highest BCUT2D eigenvalue weighted by Crippen LogP contribution is 2.27. The fourth-order valence-corrected chi connectivity index (χ4v) is 4.09. The first-order valence-corrected chi connectivity index (χ1v) is 10.8. The summed E-state index contributed by atoms with van der Waals surface area (Å²) in [6.07, 6.45) is 1.93. The van der Waals surface area contributed by atoms with E-state index in [-0.39, 0.29) is 0 Å². The average Bonchev–Trinajstić information content (AvgIpc) is 2.76. The molecule has 0 aliphatic carbocycles. The second-order valence-corrected chi connectivity index (χ2v) is 8.36. The SMILES string of the molecule is Cc1cccc(COc2ccc(/C=C(/C#N)c3ccc4ccccc4c3)cc2I)c1. The first kappa shape index (κ1) is 20.2. The van der Waals surface area contributed by atoms with E-state index in [9.17, 15) is 5.26 Å². The van der Waals surface area contributed by atoms with Crippen molar-refractivity contribution in [2.45, 2.75) is 13.5 Å². The molecule has 3 heteroatoms. The Morgan fingerprint density at radius 3 is 2.53 bits per heavy atom. The van der Waals surface area contributed by atoms with Crippen LogP contribution in [0.3, 0.4) is 0 Å². The van der Waals surface area contributed by atoms with Crippen LogP contribution in [0, 0.1) is 21.8 Å². The summed E-state index contributed by atoms with van der Waals surface area (Å²) in [6.45, 7) is 2.62. The Bertz CT molecular complexity index is 1280. The van der Waals surface area contributed by atoms with Crippen molar-refractivity contribution >= 4 is 45.0 Å². The molecule has 0 saturated carbocycles. The van der Waals surface area contributed by atoms with E-state index < -0.39 is 0 Å². The molecule has 0 aliphatic heterocycles. The zero-order valence-corrected chi connectivity index (χ0v) is 18.8. The number of hydrogen-bond donors (Lipinski definition) is 0. The second-order valence-electron chi connectivity index (χ2n) is 7.20. The lowest BCUT2D eigenvalue weighted by molar-refractivity contribution is 0.304. The molecule has 4 aromatic rings. The highest BCUT2D eigenvalue weighted by atomic mass is 127. The van der Waals surface area contributed by atoms with E-state index in [1.807, 2.05) is 48.5 Å². The molecule has 0 radical (unpaired) electrons. The Hall–Kier alpha value is -3.10. The van der Waals surface area contributed by atoms with Crippen molar-refractivity contribution in [3.63, 3.8) is 0 Å². The van der Waals surface area contributed by atoms with Crippen molar-refractivity contribution in [1.82, 2.24) is 0 Å². The van der Waals surface area contributed by atoms with Gasteiger partial charge in [-0.3, -0.25) is 0 Å². The molecular weight excluding hydrogens is 481 g/mol. The van der Waals surface area contributed by atoms with Crippen molar-refractivity contribution in [1.29, 1.82) is 5.26 Å². The standard InChI is InChI=1S/C27H20INO/c1-19-5-4-6-21(13-19)18-30-27-12-9-20(15-26(27)28)14-25(17-29)24-11-10-22-7-2-3-8-23(22)16-24/h2-16H,18H2,1H3/b25-14-. The third-order valence-electron chi connectivity index (χ3n) is 4.92. The van der Waals surface area contributed by atoms with Crippen LogP contribution < -0.4 is 4.74 Å². The van der Waals surface area contributed by atoms with Crippen molar-refractivity contribution in [2.75, 3.05) is 0 Å². The number of fused-ring (bicyclic) bond motifs is 1. The van der Waals surface area contributed by atoms with Gasteiger partial charge < -0.3 is 4.74 Å². The molecule has 0 N–H and O–H groups in total. The van der Waals surface area contributed by atoms with E-state index in [2.05, 4.69) is 78.0 Å². The monoisotopic (exact) mass is 501 g/mol. The van der Waals surface area contributed by atoms with Crippen LogP contribution in [0.25, 0.3) is 22.4 Å². The Morgan fingerprint density at radius 1 is 0.933 bits per heavy atom. The Balaban J connectivity index is 1.56. The molecular formula is C27H20INO. The number of nitriles is 1. The number of ether oxygens (including phenoxy) is 1. The zero-order valence-electron chi connectivity index (χ0n) is 16.6. The molecule has 2 nitrogen and oxygen atoms in total.